The van der Waals surface area contributed by atoms with E-state index in [-0.39, 0.29) is 17.9 Å². The van der Waals surface area contributed by atoms with E-state index >= 15 is 0 Å². The van der Waals surface area contributed by atoms with Gasteiger partial charge in [0.25, 0.3) is 0 Å². The highest BCUT2D eigenvalue weighted by Crippen LogP contribution is 2.14. The van der Waals surface area contributed by atoms with Gasteiger partial charge in [-0.25, -0.2) is 4.39 Å². The zero-order valence-electron chi connectivity index (χ0n) is 9.35. The highest BCUT2D eigenvalue weighted by Gasteiger charge is 2.10. The predicted octanol–water partition coefficient (Wildman–Crippen LogP) is 1.57. The molecule has 0 saturated carbocycles. The monoisotopic (exact) mass is 233 g/mol. The second kappa shape index (κ2) is 4.37. The van der Waals surface area contributed by atoms with Crippen molar-refractivity contribution in [3.05, 3.63) is 47.5 Å². The van der Waals surface area contributed by atoms with E-state index in [1.807, 2.05) is 0 Å². The van der Waals surface area contributed by atoms with Crippen molar-refractivity contribution in [3.8, 4) is 0 Å². The van der Waals surface area contributed by atoms with Crippen molar-refractivity contribution >= 4 is 11.5 Å². The number of carbonyl (C=O) groups excluding carboxylic acids is 1. The second-order valence-electron chi connectivity index (χ2n) is 3.86. The van der Waals surface area contributed by atoms with Crippen LogP contribution in [-0.2, 0) is 13.5 Å². The van der Waals surface area contributed by atoms with Crippen molar-refractivity contribution in [2.75, 3.05) is 5.73 Å². The quantitative estimate of drug-likeness (QED) is 0.646. The maximum Gasteiger partial charge on any atom is 0.167 e. The highest BCUT2D eigenvalue weighted by molar-refractivity contribution is 5.97. The van der Waals surface area contributed by atoms with Crippen LogP contribution in [0.25, 0.3) is 0 Å². The number of aryl methyl sites for hydroxylation is 1. The molecule has 2 aromatic rings. The fraction of sp³-hybridized carbons (Fsp3) is 0.167. The lowest BCUT2D eigenvalue weighted by Crippen LogP contribution is -2.04. The third-order valence-corrected chi connectivity index (χ3v) is 2.45. The highest BCUT2D eigenvalue weighted by atomic mass is 19.1. The van der Waals surface area contributed by atoms with Gasteiger partial charge in [0.1, 0.15) is 5.82 Å². The van der Waals surface area contributed by atoms with Crippen LogP contribution in [0.2, 0.25) is 0 Å². The number of nitrogen functional groups attached to an aromatic ring is 1. The number of hydrogen-bond acceptors (Lipinski definition) is 3. The van der Waals surface area contributed by atoms with Gasteiger partial charge in [-0.3, -0.25) is 9.48 Å². The number of ketones is 1. The van der Waals surface area contributed by atoms with Crippen LogP contribution in [0.15, 0.2) is 30.6 Å². The van der Waals surface area contributed by atoms with Crippen molar-refractivity contribution in [2.45, 2.75) is 6.42 Å². The number of nitrogens with zero attached hydrogens (tertiary/aromatic N) is 2. The Labute approximate surface area is 97.9 Å². The molecule has 0 aliphatic carbocycles. The molecule has 5 heteroatoms. The number of anilines is 1. The van der Waals surface area contributed by atoms with E-state index in [9.17, 15) is 9.18 Å². The molecule has 0 amide bonds. The van der Waals surface area contributed by atoms with E-state index in [0.717, 1.165) is 11.6 Å². The van der Waals surface area contributed by atoms with Crippen molar-refractivity contribution in [3.63, 3.8) is 0 Å². The number of benzene rings is 1. The molecule has 1 aromatic carbocycles. The molecule has 0 radical (unpaired) electrons. The topological polar surface area (TPSA) is 60.9 Å². The van der Waals surface area contributed by atoms with Crippen LogP contribution in [-0.4, -0.2) is 15.6 Å². The van der Waals surface area contributed by atoms with Crippen LogP contribution in [0.4, 0.5) is 10.1 Å². The van der Waals surface area contributed by atoms with Gasteiger partial charge in [0, 0.05) is 25.2 Å². The summed E-state index contributed by atoms with van der Waals surface area (Å²) in [6.45, 7) is 0. The number of halogens is 1. The van der Waals surface area contributed by atoms with Gasteiger partial charge in [0.2, 0.25) is 0 Å². The Bertz CT molecular complexity index is 563. The Kier molecular flexibility index (Phi) is 2.91. The van der Waals surface area contributed by atoms with E-state index in [4.69, 9.17) is 5.73 Å². The Hall–Kier alpha value is -2.17. The molecule has 2 rings (SSSR count). The smallest absolute Gasteiger partial charge is 0.167 e. The van der Waals surface area contributed by atoms with Gasteiger partial charge >= 0.3 is 0 Å². The molecular formula is C12H12FN3O. The zero-order chi connectivity index (χ0) is 12.4. The van der Waals surface area contributed by atoms with Crippen LogP contribution >= 0.6 is 0 Å². The molecule has 4 nitrogen and oxygen atoms in total. The summed E-state index contributed by atoms with van der Waals surface area (Å²) >= 11 is 0. The summed E-state index contributed by atoms with van der Waals surface area (Å²) in [5, 5.41) is 3.97. The first-order chi connectivity index (χ1) is 8.06. The molecule has 2 N–H and O–H groups in total. The van der Waals surface area contributed by atoms with E-state index in [2.05, 4.69) is 5.10 Å². The Morgan fingerprint density at radius 3 is 2.88 bits per heavy atom. The van der Waals surface area contributed by atoms with E-state index in [1.165, 1.54) is 12.1 Å². The lowest BCUT2D eigenvalue weighted by atomic mass is 10.0. The van der Waals surface area contributed by atoms with Crippen LogP contribution in [0.1, 0.15) is 15.9 Å². The molecule has 0 saturated heterocycles. The molecule has 1 heterocycles. The van der Waals surface area contributed by atoms with Gasteiger partial charge in [-0.2, -0.15) is 5.10 Å². The Morgan fingerprint density at radius 1 is 1.53 bits per heavy atom. The normalized spacial score (nSPS) is 10.5. The molecule has 1 aromatic heterocycles. The summed E-state index contributed by atoms with van der Waals surface area (Å²) in [5.41, 5.74) is 6.51. The van der Waals surface area contributed by atoms with Gasteiger partial charge in [-0.05, 0) is 23.8 Å². The SMILES string of the molecule is Cn1cc(CC(=O)c2ccc(N)c(F)c2)cn1. The first-order valence-electron chi connectivity index (χ1n) is 5.12. The molecule has 0 aliphatic heterocycles. The van der Waals surface area contributed by atoms with E-state index in [0.29, 0.717) is 5.56 Å². The van der Waals surface area contributed by atoms with Gasteiger partial charge in [0.15, 0.2) is 5.78 Å². The average Bonchev–Trinajstić information content (AvgIpc) is 2.68. The molecule has 88 valence electrons. The molecule has 0 bridgehead atoms. The average molecular weight is 233 g/mol. The number of rotatable bonds is 3. The van der Waals surface area contributed by atoms with Crippen molar-refractivity contribution < 1.29 is 9.18 Å². The van der Waals surface area contributed by atoms with E-state index < -0.39 is 5.82 Å². The zero-order valence-corrected chi connectivity index (χ0v) is 9.35. The van der Waals surface area contributed by atoms with Crippen molar-refractivity contribution in [1.82, 2.24) is 9.78 Å². The fourth-order valence-electron chi connectivity index (χ4n) is 1.55. The van der Waals surface area contributed by atoms with E-state index in [1.54, 1.807) is 24.1 Å². The lowest BCUT2D eigenvalue weighted by Gasteiger charge is -2.01. The van der Waals surface area contributed by atoms with Crippen molar-refractivity contribution in [2.24, 2.45) is 7.05 Å². The minimum Gasteiger partial charge on any atom is -0.396 e. The summed E-state index contributed by atoms with van der Waals surface area (Å²) in [6.07, 6.45) is 3.58. The molecule has 0 unspecified atom stereocenters. The summed E-state index contributed by atoms with van der Waals surface area (Å²) in [6, 6.07) is 4.08. The summed E-state index contributed by atoms with van der Waals surface area (Å²) in [5.74, 6) is -0.723. The molecule has 0 spiro atoms. The van der Waals surface area contributed by atoms with Crippen LogP contribution in [0, 0.1) is 5.82 Å². The first kappa shape index (κ1) is 11.3. The number of nitrogens with two attached hydrogens (primary N) is 1. The number of aromatic nitrogens is 2. The van der Waals surface area contributed by atoms with Crippen molar-refractivity contribution in [1.29, 1.82) is 0 Å². The molecule has 0 atom stereocenters. The third-order valence-electron chi connectivity index (χ3n) is 2.45. The minimum absolute atomic E-state index is 0.0444. The molecule has 0 fully saturated rings. The predicted molar refractivity (Wildman–Crippen MR) is 62.1 cm³/mol. The number of carbonyl (C=O) groups is 1. The third kappa shape index (κ3) is 2.50. The van der Waals surface area contributed by atoms with Gasteiger partial charge in [0.05, 0.1) is 11.9 Å². The summed E-state index contributed by atoms with van der Waals surface area (Å²) in [4.78, 5) is 11.8. The first-order valence-corrected chi connectivity index (χ1v) is 5.12. The Balaban J connectivity index is 2.17. The van der Waals surface area contributed by atoms with Crippen LogP contribution < -0.4 is 5.73 Å². The van der Waals surface area contributed by atoms with Gasteiger partial charge in [-0.15, -0.1) is 0 Å². The fourth-order valence-corrected chi connectivity index (χ4v) is 1.55. The minimum atomic E-state index is -0.568. The second-order valence-corrected chi connectivity index (χ2v) is 3.86. The summed E-state index contributed by atoms with van der Waals surface area (Å²) in [7, 11) is 1.77. The molecule has 0 aliphatic rings. The van der Waals surface area contributed by atoms with Crippen LogP contribution in [0.5, 0.6) is 0 Å². The number of Topliss-reactive ketones (excluding diaryl/α,β-unsaturated/α-hetero) is 1. The summed E-state index contributed by atoms with van der Waals surface area (Å²) < 4.78 is 14.8. The van der Waals surface area contributed by atoms with Gasteiger partial charge < -0.3 is 5.73 Å². The standard InChI is InChI=1S/C12H12FN3O/c1-16-7-8(6-15-16)4-12(17)9-2-3-11(14)10(13)5-9/h2-3,5-7H,4,14H2,1H3. The lowest BCUT2D eigenvalue weighted by molar-refractivity contribution is 0.0992. The molecular weight excluding hydrogens is 221 g/mol. The maximum atomic E-state index is 13.2. The maximum absolute atomic E-state index is 13.2. The molecule has 17 heavy (non-hydrogen) atoms. The largest absolute Gasteiger partial charge is 0.396 e. The van der Waals surface area contributed by atoms with Gasteiger partial charge in [-0.1, -0.05) is 0 Å². The Morgan fingerprint density at radius 2 is 2.29 bits per heavy atom. The van der Waals surface area contributed by atoms with Crippen LogP contribution in [0.3, 0.4) is 0 Å². The number of hydrogen-bond donors (Lipinski definition) is 1.